The lowest BCUT2D eigenvalue weighted by molar-refractivity contribution is 0.248. The Balaban J connectivity index is 1.68. The molecule has 7 heteroatoms. The van der Waals surface area contributed by atoms with Crippen LogP contribution in [0.15, 0.2) is 0 Å². The van der Waals surface area contributed by atoms with Crippen molar-refractivity contribution in [1.82, 2.24) is 0 Å². The molecule has 1 saturated heterocycles. The first-order valence-electron chi connectivity index (χ1n) is 8.07. The van der Waals surface area contributed by atoms with E-state index in [0.717, 1.165) is 18.2 Å². The molecule has 21 heavy (non-hydrogen) atoms. The molecular weight excluding hydrogens is 316 g/mol. The molecular formula is C14H30O4Si3. The van der Waals surface area contributed by atoms with E-state index in [1.54, 1.807) is 7.11 Å². The van der Waals surface area contributed by atoms with Crippen molar-refractivity contribution in [2.45, 2.75) is 70.1 Å². The van der Waals surface area contributed by atoms with E-state index in [4.69, 9.17) is 17.7 Å². The van der Waals surface area contributed by atoms with Gasteiger partial charge in [0.1, 0.15) is 0 Å². The van der Waals surface area contributed by atoms with Crippen molar-refractivity contribution in [3.05, 3.63) is 0 Å². The number of epoxide rings is 1. The largest absolute Gasteiger partial charge is 0.414 e. The number of rotatable bonds is 9. The number of hydrogen-bond acceptors (Lipinski definition) is 4. The summed E-state index contributed by atoms with van der Waals surface area (Å²) in [6, 6.07) is 1.07. The van der Waals surface area contributed by atoms with Gasteiger partial charge in [-0.3, -0.25) is 0 Å². The van der Waals surface area contributed by atoms with E-state index in [-0.39, 0.29) is 8.80 Å². The van der Waals surface area contributed by atoms with Crippen LogP contribution in [0.25, 0.3) is 0 Å². The van der Waals surface area contributed by atoms with Crippen molar-refractivity contribution in [1.29, 1.82) is 0 Å². The zero-order valence-electron chi connectivity index (χ0n) is 14.1. The Bertz CT molecular complexity index is 327. The van der Waals surface area contributed by atoms with Gasteiger partial charge in [0, 0.05) is 13.3 Å². The van der Waals surface area contributed by atoms with Crippen molar-refractivity contribution in [2.75, 3.05) is 13.3 Å². The molecule has 2 radical (unpaired) electrons. The molecule has 1 heterocycles. The molecule has 0 spiro atoms. The van der Waals surface area contributed by atoms with Crippen LogP contribution < -0.4 is 0 Å². The third-order valence-electron chi connectivity index (χ3n) is 4.17. The van der Waals surface area contributed by atoms with E-state index in [2.05, 4.69) is 26.2 Å². The molecule has 0 aromatic rings. The topological polar surface area (TPSA) is 40.2 Å². The summed E-state index contributed by atoms with van der Waals surface area (Å²) in [6.45, 7) is 8.83. The minimum atomic E-state index is -2.02. The first kappa shape index (κ1) is 17.8. The van der Waals surface area contributed by atoms with Gasteiger partial charge in [-0.25, -0.2) is 0 Å². The molecule has 0 aromatic heterocycles. The van der Waals surface area contributed by atoms with Gasteiger partial charge in [-0.05, 0) is 50.7 Å². The van der Waals surface area contributed by atoms with Crippen molar-refractivity contribution in [2.24, 2.45) is 5.92 Å². The molecule has 3 atom stereocenters. The Morgan fingerprint density at radius 1 is 1.19 bits per heavy atom. The van der Waals surface area contributed by atoms with Gasteiger partial charge < -0.3 is 17.7 Å². The lowest BCUT2D eigenvalue weighted by atomic mass is 9.88. The van der Waals surface area contributed by atoms with Crippen LogP contribution in [0, 0.1) is 5.92 Å². The van der Waals surface area contributed by atoms with Gasteiger partial charge in [0.05, 0.1) is 21.0 Å². The Morgan fingerprint density at radius 2 is 1.95 bits per heavy atom. The van der Waals surface area contributed by atoms with Crippen molar-refractivity contribution in [3.63, 3.8) is 0 Å². The lowest BCUT2D eigenvalue weighted by Gasteiger charge is -2.28. The zero-order valence-corrected chi connectivity index (χ0v) is 17.1. The zero-order chi connectivity index (χ0) is 15.5. The third-order valence-corrected chi connectivity index (χ3v) is 10.0. The first-order chi connectivity index (χ1) is 9.89. The second-order valence-electron chi connectivity index (χ2n) is 7.00. The second kappa shape index (κ2) is 7.85. The van der Waals surface area contributed by atoms with Crippen LogP contribution in [0.4, 0.5) is 0 Å². The van der Waals surface area contributed by atoms with E-state index in [1.165, 1.54) is 25.7 Å². The molecule has 122 valence electrons. The van der Waals surface area contributed by atoms with Crippen LogP contribution in [0.2, 0.25) is 32.2 Å². The van der Waals surface area contributed by atoms with Gasteiger partial charge in [-0.2, -0.15) is 0 Å². The van der Waals surface area contributed by atoms with Crippen molar-refractivity contribution >= 4 is 26.6 Å². The smallest absolute Gasteiger partial charge is 0.374 e. The Labute approximate surface area is 134 Å². The second-order valence-corrected chi connectivity index (χ2v) is 15.3. The van der Waals surface area contributed by atoms with Gasteiger partial charge in [-0.15, -0.1) is 0 Å². The molecule has 0 bridgehead atoms. The van der Waals surface area contributed by atoms with Crippen LogP contribution in [0.5, 0.6) is 0 Å². The summed E-state index contributed by atoms with van der Waals surface area (Å²) in [5.74, 6) is 0.805. The molecule has 2 fully saturated rings. The molecule has 1 aliphatic carbocycles. The number of fused-ring (bicyclic) bond motifs is 1. The van der Waals surface area contributed by atoms with E-state index in [0.29, 0.717) is 12.2 Å². The van der Waals surface area contributed by atoms with Gasteiger partial charge in [-0.1, -0.05) is 13.1 Å². The molecule has 0 amide bonds. The highest BCUT2D eigenvalue weighted by atomic mass is 28.4. The van der Waals surface area contributed by atoms with Gasteiger partial charge in [0.2, 0.25) is 0 Å². The number of hydrogen-bond donors (Lipinski definition) is 0. The lowest BCUT2D eigenvalue weighted by Crippen LogP contribution is -2.43. The molecule has 0 N–H and O–H groups in total. The minimum absolute atomic E-state index is 0.350. The van der Waals surface area contributed by atoms with E-state index < -0.39 is 17.8 Å². The van der Waals surface area contributed by atoms with E-state index in [9.17, 15) is 0 Å². The van der Waals surface area contributed by atoms with Gasteiger partial charge in [0.15, 0.2) is 0 Å². The normalized spacial score (nSPS) is 29.0. The summed E-state index contributed by atoms with van der Waals surface area (Å²) in [5, 5.41) is 0. The Hall–Kier alpha value is 0.491. The molecule has 2 rings (SSSR count). The predicted octanol–water partition coefficient (Wildman–Crippen LogP) is 3.11. The highest BCUT2D eigenvalue weighted by molar-refractivity contribution is 6.72. The maximum atomic E-state index is 6.25. The summed E-state index contributed by atoms with van der Waals surface area (Å²) in [7, 11) is -1.77. The van der Waals surface area contributed by atoms with Gasteiger partial charge >= 0.3 is 17.8 Å². The highest BCUT2D eigenvalue weighted by Gasteiger charge is 2.44. The standard InChI is InChI=1S/C14H30O4Si3/c1-15-20(18-21(4,5)16-11-19(2)3)9-8-12-6-7-13-14(10-12)17-13/h12-14H,6-11H2,1-5H3. The van der Waals surface area contributed by atoms with Crippen LogP contribution in [-0.4, -0.2) is 52.2 Å². The molecule has 1 saturated carbocycles. The summed E-state index contributed by atoms with van der Waals surface area (Å²) in [5.41, 5.74) is 0. The molecule has 4 nitrogen and oxygen atoms in total. The fraction of sp³-hybridized carbons (Fsp3) is 1.00. The summed E-state index contributed by atoms with van der Waals surface area (Å²) >= 11 is 0. The maximum Gasteiger partial charge on any atom is 0.374 e. The Morgan fingerprint density at radius 3 is 2.57 bits per heavy atom. The quantitative estimate of drug-likeness (QED) is 0.475. The fourth-order valence-corrected chi connectivity index (χ4v) is 9.45. The molecule has 1 aliphatic heterocycles. The van der Waals surface area contributed by atoms with Crippen molar-refractivity contribution < 1.29 is 17.7 Å². The Kier molecular flexibility index (Phi) is 6.67. The average molecular weight is 347 g/mol. The van der Waals surface area contributed by atoms with Crippen LogP contribution in [0.3, 0.4) is 0 Å². The summed E-state index contributed by atoms with van der Waals surface area (Å²) in [6.07, 6.45) is 7.09. The number of ether oxygens (including phenoxy) is 1. The minimum Gasteiger partial charge on any atom is -0.414 e. The molecule has 2 aliphatic rings. The summed E-state index contributed by atoms with van der Waals surface area (Å²) < 4.78 is 23.5. The van der Waals surface area contributed by atoms with E-state index >= 15 is 0 Å². The van der Waals surface area contributed by atoms with Crippen LogP contribution in [0.1, 0.15) is 25.7 Å². The predicted molar refractivity (Wildman–Crippen MR) is 90.2 cm³/mol. The fourth-order valence-electron chi connectivity index (χ4n) is 2.89. The van der Waals surface area contributed by atoms with Gasteiger partial charge in [0.25, 0.3) is 0 Å². The molecule has 0 aromatic carbocycles. The van der Waals surface area contributed by atoms with Crippen LogP contribution >= 0.6 is 0 Å². The highest BCUT2D eigenvalue weighted by Crippen LogP contribution is 2.41. The van der Waals surface area contributed by atoms with Crippen molar-refractivity contribution in [3.8, 4) is 0 Å². The molecule has 3 unspecified atom stereocenters. The van der Waals surface area contributed by atoms with E-state index in [1.807, 2.05) is 0 Å². The van der Waals surface area contributed by atoms with Crippen LogP contribution in [-0.2, 0) is 17.7 Å². The maximum absolute atomic E-state index is 6.25. The average Bonchev–Trinajstić information content (AvgIpc) is 3.19. The first-order valence-corrected chi connectivity index (χ1v) is 15.1. The summed E-state index contributed by atoms with van der Waals surface area (Å²) in [4.78, 5) is 0. The SMILES string of the molecule is CO[Si](CCC1CCC2OC2C1)O[Si](C)(C)OC[Si](C)C. The third kappa shape index (κ3) is 6.25. The monoisotopic (exact) mass is 346 g/mol.